The van der Waals surface area contributed by atoms with E-state index in [9.17, 15) is 9.18 Å². The number of carbonyl (C=O) groups is 1. The minimum atomic E-state index is -0.294. The average Bonchev–Trinajstić information content (AvgIpc) is 3.08. The number of thiazole rings is 1. The predicted molar refractivity (Wildman–Crippen MR) is 125 cm³/mol. The summed E-state index contributed by atoms with van der Waals surface area (Å²) in [5.41, 5.74) is 1.40. The van der Waals surface area contributed by atoms with Crippen LogP contribution in [0.5, 0.6) is 0 Å². The summed E-state index contributed by atoms with van der Waals surface area (Å²) in [6, 6.07) is 12.2. The Kier molecular flexibility index (Phi) is 8.89. The third kappa shape index (κ3) is 5.92. The molecule has 0 saturated heterocycles. The van der Waals surface area contributed by atoms with E-state index in [2.05, 4.69) is 16.8 Å². The number of hydrogen-bond donors (Lipinski definition) is 0. The molecule has 2 aromatic carbocycles. The van der Waals surface area contributed by atoms with Crippen LogP contribution in [0.2, 0.25) is 0 Å². The van der Waals surface area contributed by atoms with Crippen LogP contribution >= 0.6 is 35.5 Å². The summed E-state index contributed by atoms with van der Waals surface area (Å²) in [6.07, 6.45) is 0.826. The van der Waals surface area contributed by atoms with Crippen LogP contribution in [0.15, 0.2) is 47.4 Å². The molecule has 0 aliphatic carbocycles. The molecule has 0 fully saturated rings. The Morgan fingerprint density at radius 2 is 1.93 bits per heavy atom. The first-order chi connectivity index (χ1) is 13.5. The van der Waals surface area contributed by atoms with Crippen molar-refractivity contribution in [3.8, 4) is 0 Å². The molecule has 8 heteroatoms. The largest absolute Gasteiger partial charge is 0.309 e. The van der Waals surface area contributed by atoms with Crippen LogP contribution in [-0.2, 0) is 0 Å². The molecule has 0 radical (unpaired) electrons. The van der Waals surface area contributed by atoms with E-state index >= 15 is 0 Å². The summed E-state index contributed by atoms with van der Waals surface area (Å²) >= 11 is 3.01. The van der Waals surface area contributed by atoms with Crippen LogP contribution in [0, 0.1) is 5.82 Å². The van der Waals surface area contributed by atoms with Gasteiger partial charge in [-0.3, -0.25) is 9.69 Å². The van der Waals surface area contributed by atoms with Gasteiger partial charge in [0.2, 0.25) is 0 Å². The maximum Gasteiger partial charge on any atom is 0.261 e. The molecule has 0 aliphatic rings. The summed E-state index contributed by atoms with van der Waals surface area (Å²) in [5, 5.41) is 0.612. The van der Waals surface area contributed by atoms with Gasteiger partial charge in [-0.1, -0.05) is 30.4 Å². The molecule has 0 spiro atoms. The second kappa shape index (κ2) is 10.9. The van der Waals surface area contributed by atoms with E-state index < -0.39 is 0 Å². The number of thioether (sulfide) groups is 1. The molecule has 1 aromatic heterocycles. The summed E-state index contributed by atoms with van der Waals surface area (Å²) in [5.74, 6) is 0.540. The predicted octanol–water partition coefficient (Wildman–Crippen LogP) is 5.57. The van der Waals surface area contributed by atoms with Gasteiger partial charge >= 0.3 is 0 Å². The highest BCUT2D eigenvalue weighted by molar-refractivity contribution is 7.99. The van der Waals surface area contributed by atoms with E-state index in [0.717, 1.165) is 28.3 Å². The second-order valence-electron chi connectivity index (χ2n) is 6.65. The smallest absolute Gasteiger partial charge is 0.261 e. The quantitative estimate of drug-likeness (QED) is 0.418. The molecule has 0 saturated carbocycles. The monoisotopic (exact) mass is 453 g/mol. The fourth-order valence-electron chi connectivity index (χ4n) is 2.90. The van der Waals surface area contributed by atoms with E-state index in [0.29, 0.717) is 22.8 Å². The van der Waals surface area contributed by atoms with Gasteiger partial charge in [-0.05, 0) is 63.1 Å². The Morgan fingerprint density at radius 1 is 1.17 bits per heavy atom. The van der Waals surface area contributed by atoms with Gasteiger partial charge in [0.1, 0.15) is 5.82 Å². The van der Waals surface area contributed by atoms with Crippen LogP contribution in [0.3, 0.4) is 0 Å². The van der Waals surface area contributed by atoms with Crippen LogP contribution in [-0.4, -0.2) is 48.7 Å². The number of fused-ring (bicyclic) bond motifs is 1. The van der Waals surface area contributed by atoms with E-state index in [1.165, 1.54) is 23.5 Å². The molecule has 0 aliphatic heterocycles. The summed E-state index contributed by atoms with van der Waals surface area (Å²) in [4.78, 5) is 22.9. The molecule has 0 N–H and O–H groups in total. The first-order valence-electron chi connectivity index (χ1n) is 9.24. The number of rotatable bonds is 8. The lowest BCUT2D eigenvalue weighted by Crippen LogP contribution is -2.33. The van der Waals surface area contributed by atoms with Gasteiger partial charge in [0.05, 0.1) is 15.8 Å². The molecule has 0 atom stereocenters. The first-order valence-corrected chi connectivity index (χ1v) is 11.0. The fraction of sp³-hybridized carbons (Fsp3) is 0.333. The second-order valence-corrected chi connectivity index (χ2v) is 8.97. The molecule has 3 aromatic rings. The number of nitrogens with zero attached hydrogens (tertiary/aromatic N) is 3. The zero-order chi connectivity index (χ0) is 20.1. The normalized spacial score (nSPS) is 10.9. The van der Waals surface area contributed by atoms with Crippen LogP contribution in [0.25, 0.3) is 10.2 Å². The number of halogens is 2. The Balaban J connectivity index is 0.00000300. The standard InChI is InChI=1S/C21H24FN3OS2.ClH/c1-4-27-18-9-6-5-8-16(18)20(26)25(13-7-12-24(2)3)21-23-17-11-10-15(22)14-19(17)28-21;/h5-6,8-11,14H,4,7,12-13H2,1-3H3;1H. The van der Waals surface area contributed by atoms with E-state index in [1.54, 1.807) is 22.7 Å². The summed E-state index contributed by atoms with van der Waals surface area (Å²) < 4.78 is 14.3. The van der Waals surface area contributed by atoms with Crippen molar-refractivity contribution in [3.05, 3.63) is 53.8 Å². The van der Waals surface area contributed by atoms with Crippen molar-refractivity contribution in [2.75, 3.05) is 37.8 Å². The lowest BCUT2D eigenvalue weighted by atomic mass is 10.2. The van der Waals surface area contributed by atoms with Crippen molar-refractivity contribution in [1.82, 2.24) is 9.88 Å². The maximum atomic E-state index is 13.6. The van der Waals surface area contributed by atoms with Crippen LogP contribution < -0.4 is 4.90 Å². The van der Waals surface area contributed by atoms with E-state index in [1.807, 2.05) is 38.4 Å². The fourth-order valence-corrected chi connectivity index (χ4v) is 4.71. The first kappa shape index (κ1) is 23.6. The number of hydrogen-bond acceptors (Lipinski definition) is 5. The average molecular weight is 454 g/mol. The third-order valence-electron chi connectivity index (χ3n) is 4.22. The van der Waals surface area contributed by atoms with Crippen molar-refractivity contribution in [2.24, 2.45) is 0 Å². The Labute approximate surface area is 185 Å². The summed E-state index contributed by atoms with van der Waals surface area (Å²) in [6.45, 7) is 3.50. The van der Waals surface area contributed by atoms with E-state index in [-0.39, 0.29) is 24.1 Å². The Hall–Kier alpha value is -1.67. The highest BCUT2D eigenvalue weighted by Gasteiger charge is 2.23. The lowest BCUT2D eigenvalue weighted by Gasteiger charge is -2.22. The van der Waals surface area contributed by atoms with Crippen molar-refractivity contribution < 1.29 is 9.18 Å². The van der Waals surface area contributed by atoms with Crippen molar-refractivity contribution in [3.63, 3.8) is 0 Å². The Bertz CT molecular complexity index is 964. The molecule has 4 nitrogen and oxygen atoms in total. The van der Waals surface area contributed by atoms with Crippen molar-refractivity contribution in [2.45, 2.75) is 18.2 Å². The van der Waals surface area contributed by atoms with Gasteiger partial charge < -0.3 is 4.90 Å². The van der Waals surface area contributed by atoms with Gasteiger partial charge in [-0.2, -0.15) is 0 Å². The van der Waals surface area contributed by atoms with Gasteiger partial charge in [0.25, 0.3) is 5.91 Å². The number of anilines is 1. The number of carbonyl (C=O) groups excluding carboxylic acids is 1. The van der Waals surface area contributed by atoms with Gasteiger partial charge in [-0.25, -0.2) is 9.37 Å². The SMILES string of the molecule is CCSc1ccccc1C(=O)N(CCCN(C)C)c1nc2ccc(F)cc2s1.Cl. The third-order valence-corrected chi connectivity index (χ3v) is 6.22. The molecular formula is C21H25ClFN3OS2. The minimum Gasteiger partial charge on any atom is -0.309 e. The number of amides is 1. The highest BCUT2D eigenvalue weighted by Crippen LogP contribution is 2.32. The number of aromatic nitrogens is 1. The maximum absolute atomic E-state index is 13.6. The minimum absolute atomic E-state index is 0. The van der Waals surface area contributed by atoms with Crippen molar-refractivity contribution in [1.29, 1.82) is 0 Å². The highest BCUT2D eigenvalue weighted by atomic mass is 35.5. The molecule has 3 rings (SSSR count). The zero-order valence-corrected chi connectivity index (χ0v) is 19.2. The lowest BCUT2D eigenvalue weighted by molar-refractivity contribution is 0.0983. The molecule has 29 heavy (non-hydrogen) atoms. The molecule has 0 unspecified atom stereocenters. The molecular weight excluding hydrogens is 429 g/mol. The van der Waals surface area contributed by atoms with Crippen LogP contribution in [0.4, 0.5) is 9.52 Å². The molecule has 0 bridgehead atoms. The summed E-state index contributed by atoms with van der Waals surface area (Å²) in [7, 11) is 4.03. The topological polar surface area (TPSA) is 36.4 Å². The Morgan fingerprint density at radius 3 is 2.66 bits per heavy atom. The number of benzene rings is 2. The van der Waals surface area contributed by atoms with E-state index in [4.69, 9.17) is 0 Å². The zero-order valence-electron chi connectivity index (χ0n) is 16.7. The van der Waals surface area contributed by atoms with Gasteiger partial charge in [-0.15, -0.1) is 24.2 Å². The molecule has 1 heterocycles. The van der Waals surface area contributed by atoms with Crippen LogP contribution in [0.1, 0.15) is 23.7 Å². The van der Waals surface area contributed by atoms with Gasteiger partial charge in [0, 0.05) is 11.4 Å². The van der Waals surface area contributed by atoms with Gasteiger partial charge in [0.15, 0.2) is 5.13 Å². The van der Waals surface area contributed by atoms with Crippen molar-refractivity contribution >= 4 is 56.8 Å². The molecule has 1 amide bonds. The molecule has 156 valence electrons.